The number of aryl methyl sites for hydroxylation is 1. The average Bonchev–Trinajstić information content (AvgIpc) is 3.13. The molecule has 1 aliphatic rings. The molecule has 26 heavy (non-hydrogen) atoms. The number of piperidine rings is 1. The van der Waals surface area contributed by atoms with E-state index in [4.69, 9.17) is 0 Å². The molecule has 2 aromatic rings. The zero-order valence-electron chi connectivity index (χ0n) is 15.3. The van der Waals surface area contributed by atoms with Gasteiger partial charge in [0.15, 0.2) is 5.96 Å². The number of hydrogen-bond acceptors (Lipinski definition) is 4. The van der Waals surface area contributed by atoms with Gasteiger partial charge in [0.1, 0.15) is 10.8 Å². The van der Waals surface area contributed by atoms with Gasteiger partial charge < -0.3 is 15.5 Å². The first-order valence-corrected chi connectivity index (χ1v) is 9.91. The van der Waals surface area contributed by atoms with Crippen molar-refractivity contribution in [1.82, 2.24) is 15.6 Å². The minimum Gasteiger partial charge on any atom is -0.369 e. The van der Waals surface area contributed by atoms with Gasteiger partial charge in [-0.25, -0.2) is 9.37 Å². The number of rotatable bonds is 5. The first-order chi connectivity index (χ1) is 12.7. The summed E-state index contributed by atoms with van der Waals surface area (Å²) in [6, 6.07) is 7.09. The summed E-state index contributed by atoms with van der Waals surface area (Å²) in [5, 5.41) is 7.90. The first kappa shape index (κ1) is 18.6. The van der Waals surface area contributed by atoms with Crippen molar-refractivity contribution in [2.24, 2.45) is 4.99 Å². The number of guanidine groups is 1. The van der Waals surface area contributed by atoms with E-state index in [-0.39, 0.29) is 11.9 Å². The van der Waals surface area contributed by atoms with Crippen LogP contribution in [0.4, 0.5) is 10.1 Å². The molecule has 1 fully saturated rings. The molecule has 2 heterocycles. The molecule has 0 amide bonds. The van der Waals surface area contributed by atoms with Gasteiger partial charge in [0.05, 0.1) is 6.54 Å². The number of aromatic nitrogens is 1. The fourth-order valence-electron chi connectivity index (χ4n) is 3.14. The van der Waals surface area contributed by atoms with E-state index < -0.39 is 0 Å². The van der Waals surface area contributed by atoms with Crippen LogP contribution >= 0.6 is 11.3 Å². The van der Waals surface area contributed by atoms with Gasteiger partial charge in [-0.3, -0.25) is 4.99 Å². The van der Waals surface area contributed by atoms with E-state index >= 15 is 0 Å². The van der Waals surface area contributed by atoms with E-state index in [1.807, 2.05) is 12.3 Å². The lowest BCUT2D eigenvalue weighted by Gasteiger charge is -2.35. The third-order valence-electron chi connectivity index (χ3n) is 4.52. The average molecular weight is 376 g/mol. The molecule has 1 aromatic heterocycles. The first-order valence-electron chi connectivity index (χ1n) is 9.09. The minimum absolute atomic E-state index is 0.190. The number of halogens is 1. The normalized spacial score (nSPS) is 18.0. The fraction of sp³-hybridized carbons (Fsp3) is 0.474. The third kappa shape index (κ3) is 4.94. The van der Waals surface area contributed by atoms with Gasteiger partial charge in [0.2, 0.25) is 0 Å². The molecule has 5 nitrogen and oxygen atoms in total. The highest BCUT2D eigenvalue weighted by Crippen LogP contribution is 2.20. The topological polar surface area (TPSA) is 52.6 Å². The van der Waals surface area contributed by atoms with Crippen LogP contribution in [-0.4, -0.2) is 37.1 Å². The molecular formula is C19H26FN5S. The van der Waals surface area contributed by atoms with E-state index in [0.717, 1.165) is 49.0 Å². The summed E-state index contributed by atoms with van der Waals surface area (Å²) < 4.78 is 13.5. The molecule has 1 saturated heterocycles. The SMILES string of the molecule is CCc1cnc(CNC(=NC)NC2CCCN(c3cccc(F)c3)C2)s1. The smallest absolute Gasteiger partial charge is 0.191 e. The van der Waals surface area contributed by atoms with Crippen molar-refractivity contribution in [3.05, 3.63) is 46.2 Å². The summed E-state index contributed by atoms with van der Waals surface area (Å²) in [6.07, 6.45) is 5.10. The lowest BCUT2D eigenvalue weighted by molar-refractivity contribution is 0.467. The van der Waals surface area contributed by atoms with Gasteiger partial charge >= 0.3 is 0 Å². The van der Waals surface area contributed by atoms with Crippen molar-refractivity contribution in [2.45, 2.75) is 38.8 Å². The molecule has 3 rings (SSSR count). The molecule has 1 aliphatic heterocycles. The van der Waals surface area contributed by atoms with Gasteiger partial charge in [0, 0.05) is 42.9 Å². The number of aliphatic imine (C=N–C) groups is 1. The van der Waals surface area contributed by atoms with Crippen LogP contribution in [0.25, 0.3) is 0 Å². The van der Waals surface area contributed by atoms with Crippen LogP contribution in [0.5, 0.6) is 0 Å². The maximum Gasteiger partial charge on any atom is 0.191 e. The van der Waals surface area contributed by atoms with Crippen LogP contribution in [0.2, 0.25) is 0 Å². The van der Waals surface area contributed by atoms with Crippen LogP contribution in [-0.2, 0) is 13.0 Å². The quantitative estimate of drug-likeness (QED) is 0.623. The Morgan fingerprint density at radius 3 is 3.08 bits per heavy atom. The van der Waals surface area contributed by atoms with Crippen LogP contribution in [0, 0.1) is 5.82 Å². The second kappa shape index (κ2) is 8.98. The van der Waals surface area contributed by atoms with Gasteiger partial charge in [-0.15, -0.1) is 11.3 Å². The second-order valence-electron chi connectivity index (χ2n) is 6.41. The lowest BCUT2D eigenvalue weighted by atomic mass is 10.0. The van der Waals surface area contributed by atoms with E-state index in [0.29, 0.717) is 6.54 Å². The largest absolute Gasteiger partial charge is 0.369 e. The Hall–Kier alpha value is -2.15. The Morgan fingerprint density at radius 1 is 1.46 bits per heavy atom. The van der Waals surface area contributed by atoms with Crippen LogP contribution in [0.1, 0.15) is 29.7 Å². The third-order valence-corrected chi connectivity index (χ3v) is 5.66. The highest BCUT2D eigenvalue weighted by molar-refractivity contribution is 7.11. The summed E-state index contributed by atoms with van der Waals surface area (Å²) in [5.41, 5.74) is 0.939. The molecule has 0 saturated carbocycles. The predicted molar refractivity (Wildman–Crippen MR) is 106 cm³/mol. The number of anilines is 1. The Balaban J connectivity index is 1.54. The molecule has 1 aromatic carbocycles. The summed E-state index contributed by atoms with van der Waals surface area (Å²) in [5.74, 6) is 0.592. The summed E-state index contributed by atoms with van der Waals surface area (Å²) in [4.78, 5) is 12.3. The molecule has 140 valence electrons. The predicted octanol–water partition coefficient (Wildman–Crippen LogP) is 3.18. The van der Waals surface area contributed by atoms with Gasteiger partial charge in [-0.2, -0.15) is 0 Å². The van der Waals surface area contributed by atoms with Crippen LogP contribution in [0.3, 0.4) is 0 Å². The molecular weight excluding hydrogens is 349 g/mol. The molecule has 1 unspecified atom stereocenters. The minimum atomic E-state index is -0.190. The maximum absolute atomic E-state index is 13.5. The van der Waals surface area contributed by atoms with Crippen molar-refractivity contribution in [1.29, 1.82) is 0 Å². The van der Waals surface area contributed by atoms with E-state index in [2.05, 4.69) is 32.4 Å². The van der Waals surface area contributed by atoms with Crippen molar-refractivity contribution in [3.8, 4) is 0 Å². The second-order valence-corrected chi connectivity index (χ2v) is 7.61. The number of hydrogen-bond donors (Lipinski definition) is 2. The van der Waals surface area contributed by atoms with Crippen LogP contribution < -0.4 is 15.5 Å². The molecule has 1 atom stereocenters. The molecule has 0 bridgehead atoms. The fourth-order valence-corrected chi connectivity index (χ4v) is 3.94. The zero-order chi connectivity index (χ0) is 18.4. The van der Waals surface area contributed by atoms with Gasteiger partial charge in [-0.1, -0.05) is 13.0 Å². The Morgan fingerprint density at radius 2 is 2.35 bits per heavy atom. The van der Waals surface area contributed by atoms with Crippen LogP contribution in [0.15, 0.2) is 35.5 Å². The number of nitrogens with zero attached hydrogens (tertiary/aromatic N) is 3. The van der Waals surface area contributed by atoms with Crippen molar-refractivity contribution >= 4 is 23.0 Å². The standard InChI is InChI=1S/C19H26FN5S/c1-3-17-11-22-18(26-17)12-23-19(21-2)24-15-7-5-9-25(13-15)16-8-4-6-14(20)10-16/h4,6,8,10-11,15H,3,5,7,9,12-13H2,1-2H3,(H2,21,23,24). The Kier molecular flexibility index (Phi) is 6.44. The Labute approximate surface area is 158 Å². The zero-order valence-corrected chi connectivity index (χ0v) is 16.2. The van der Waals surface area contributed by atoms with Crippen molar-refractivity contribution in [3.63, 3.8) is 0 Å². The van der Waals surface area contributed by atoms with E-state index in [1.165, 1.54) is 10.9 Å². The number of benzene rings is 1. The highest BCUT2D eigenvalue weighted by atomic mass is 32.1. The summed E-state index contributed by atoms with van der Waals surface area (Å²) in [6.45, 7) is 4.59. The highest BCUT2D eigenvalue weighted by Gasteiger charge is 2.21. The van der Waals surface area contributed by atoms with Gasteiger partial charge in [-0.05, 0) is 37.5 Å². The molecule has 7 heteroatoms. The Bertz CT molecular complexity index is 745. The van der Waals surface area contributed by atoms with Gasteiger partial charge in [0.25, 0.3) is 0 Å². The molecule has 0 aliphatic carbocycles. The van der Waals surface area contributed by atoms with E-state index in [1.54, 1.807) is 30.5 Å². The van der Waals surface area contributed by atoms with Crippen molar-refractivity contribution in [2.75, 3.05) is 25.0 Å². The summed E-state index contributed by atoms with van der Waals surface area (Å²) in [7, 11) is 1.78. The molecule has 0 spiro atoms. The van der Waals surface area contributed by atoms with E-state index in [9.17, 15) is 4.39 Å². The lowest BCUT2D eigenvalue weighted by Crippen LogP contribution is -2.51. The number of nitrogens with one attached hydrogen (secondary N) is 2. The maximum atomic E-state index is 13.5. The number of thiazole rings is 1. The summed E-state index contributed by atoms with van der Waals surface area (Å²) >= 11 is 1.73. The molecule has 0 radical (unpaired) electrons. The molecule has 2 N–H and O–H groups in total. The van der Waals surface area contributed by atoms with Crippen molar-refractivity contribution < 1.29 is 4.39 Å². The monoisotopic (exact) mass is 375 g/mol.